The van der Waals surface area contributed by atoms with Gasteiger partial charge < -0.3 is 14.8 Å². The summed E-state index contributed by atoms with van der Waals surface area (Å²) < 4.78 is 12.5. The van der Waals surface area contributed by atoms with Crippen LogP contribution in [0.2, 0.25) is 15.1 Å². The van der Waals surface area contributed by atoms with Gasteiger partial charge in [-0.1, -0.05) is 62.9 Å². The molecule has 0 radical (unpaired) electrons. The first-order chi connectivity index (χ1) is 13.5. The summed E-state index contributed by atoms with van der Waals surface area (Å²) in [4.78, 5) is 0. The fourth-order valence-electron chi connectivity index (χ4n) is 2.62. The highest BCUT2D eigenvalue weighted by atomic mass is 79.9. The molecule has 0 fully saturated rings. The molecule has 0 heterocycles. The standard InChI is InChI=1S/C21H17BrCl3NO2/c1-27-20-9-7-17(22)16(11-26-19-8-6-15(24)10-18(19)25)21(20)28-12-13-2-4-14(23)5-3-13/h2-10,26H,11-12H2,1H3. The maximum Gasteiger partial charge on any atom is 0.167 e. The Morgan fingerprint density at radius 2 is 1.64 bits per heavy atom. The van der Waals surface area contributed by atoms with E-state index in [1.807, 2.05) is 42.5 Å². The first-order valence-corrected chi connectivity index (χ1v) is 10.3. The average molecular weight is 502 g/mol. The molecule has 0 aliphatic rings. The third kappa shape index (κ3) is 5.26. The first kappa shape index (κ1) is 21.1. The van der Waals surface area contributed by atoms with Crippen LogP contribution in [0, 0.1) is 0 Å². The highest BCUT2D eigenvalue weighted by Gasteiger charge is 2.15. The summed E-state index contributed by atoms with van der Waals surface area (Å²) in [5, 5.41) is 5.15. The van der Waals surface area contributed by atoms with Crippen molar-refractivity contribution in [1.29, 1.82) is 0 Å². The van der Waals surface area contributed by atoms with E-state index in [1.165, 1.54) is 0 Å². The van der Waals surface area contributed by atoms with E-state index in [2.05, 4.69) is 21.2 Å². The Morgan fingerprint density at radius 3 is 2.32 bits per heavy atom. The minimum absolute atomic E-state index is 0.388. The van der Waals surface area contributed by atoms with Gasteiger partial charge in [-0.3, -0.25) is 0 Å². The number of hydrogen-bond acceptors (Lipinski definition) is 3. The number of hydrogen-bond donors (Lipinski definition) is 1. The predicted octanol–water partition coefficient (Wildman–Crippen LogP) is 7.61. The van der Waals surface area contributed by atoms with Crippen molar-refractivity contribution in [3.05, 3.63) is 85.3 Å². The summed E-state index contributed by atoms with van der Waals surface area (Å²) in [6, 6.07) is 16.6. The van der Waals surface area contributed by atoms with Crippen LogP contribution in [-0.4, -0.2) is 7.11 Å². The van der Waals surface area contributed by atoms with E-state index in [4.69, 9.17) is 44.3 Å². The highest BCUT2D eigenvalue weighted by Crippen LogP contribution is 2.38. The van der Waals surface area contributed by atoms with Crippen LogP contribution in [0.25, 0.3) is 0 Å². The number of halogens is 4. The van der Waals surface area contributed by atoms with Gasteiger partial charge in [0, 0.05) is 26.6 Å². The molecule has 0 spiro atoms. The molecule has 0 atom stereocenters. The van der Waals surface area contributed by atoms with Crippen LogP contribution in [0.5, 0.6) is 11.5 Å². The minimum atomic E-state index is 0.388. The van der Waals surface area contributed by atoms with Gasteiger partial charge in [0.05, 0.1) is 17.8 Å². The molecule has 0 aliphatic carbocycles. The molecule has 3 nitrogen and oxygen atoms in total. The van der Waals surface area contributed by atoms with Crippen LogP contribution in [0.3, 0.4) is 0 Å². The zero-order valence-corrected chi connectivity index (χ0v) is 18.8. The van der Waals surface area contributed by atoms with Crippen molar-refractivity contribution in [2.75, 3.05) is 12.4 Å². The summed E-state index contributed by atoms with van der Waals surface area (Å²) >= 11 is 21.8. The molecule has 3 aromatic rings. The van der Waals surface area contributed by atoms with Crippen molar-refractivity contribution in [2.24, 2.45) is 0 Å². The number of rotatable bonds is 7. The second-order valence-corrected chi connectivity index (χ2v) is 8.08. The molecule has 146 valence electrons. The molecule has 0 aromatic heterocycles. The van der Waals surface area contributed by atoms with Crippen molar-refractivity contribution in [2.45, 2.75) is 13.2 Å². The molecule has 0 bridgehead atoms. The second-order valence-electron chi connectivity index (χ2n) is 5.95. The van der Waals surface area contributed by atoms with Crippen molar-refractivity contribution >= 4 is 56.4 Å². The van der Waals surface area contributed by atoms with E-state index in [0.717, 1.165) is 21.3 Å². The maximum absolute atomic E-state index is 6.26. The molecular formula is C21H17BrCl3NO2. The van der Waals surface area contributed by atoms with Crippen LogP contribution >= 0.6 is 50.7 Å². The Morgan fingerprint density at radius 1 is 0.929 bits per heavy atom. The fraction of sp³-hybridized carbons (Fsp3) is 0.143. The maximum atomic E-state index is 6.26. The number of benzene rings is 3. The molecule has 7 heteroatoms. The van der Waals surface area contributed by atoms with E-state index in [1.54, 1.807) is 19.2 Å². The monoisotopic (exact) mass is 499 g/mol. The van der Waals surface area contributed by atoms with Gasteiger partial charge in [-0.15, -0.1) is 0 Å². The number of nitrogens with one attached hydrogen (secondary N) is 1. The van der Waals surface area contributed by atoms with Crippen LogP contribution in [0.4, 0.5) is 5.69 Å². The third-order valence-electron chi connectivity index (χ3n) is 4.07. The van der Waals surface area contributed by atoms with Crippen LogP contribution in [-0.2, 0) is 13.2 Å². The van der Waals surface area contributed by atoms with Crippen LogP contribution in [0.15, 0.2) is 59.1 Å². The Kier molecular flexibility index (Phi) is 7.36. The van der Waals surface area contributed by atoms with Gasteiger partial charge in [0.25, 0.3) is 0 Å². The highest BCUT2D eigenvalue weighted by molar-refractivity contribution is 9.10. The van der Waals surface area contributed by atoms with Gasteiger partial charge in [-0.05, 0) is 48.0 Å². The van der Waals surface area contributed by atoms with E-state index in [-0.39, 0.29) is 0 Å². The molecule has 0 unspecified atom stereocenters. The third-order valence-corrected chi connectivity index (χ3v) is 5.61. The summed E-state index contributed by atoms with van der Waals surface area (Å²) in [5.74, 6) is 1.31. The van der Waals surface area contributed by atoms with Crippen molar-refractivity contribution in [1.82, 2.24) is 0 Å². The number of ether oxygens (including phenoxy) is 2. The topological polar surface area (TPSA) is 30.5 Å². The Balaban J connectivity index is 1.83. The molecule has 0 amide bonds. The van der Waals surface area contributed by atoms with E-state index in [9.17, 15) is 0 Å². The van der Waals surface area contributed by atoms with Crippen molar-refractivity contribution in [3.8, 4) is 11.5 Å². The quantitative estimate of drug-likeness (QED) is 0.361. The first-order valence-electron chi connectivity index (χ1n) is 8.39. The lowest BCUT2D eigenvalue weighted by Crippen LogP contribution is -2.06. The van der Waals surface area contributed by atoms with Gasteiger partial charge in [0.1, 0.15) is 6.61 Å². The molecule has 0 saturated carbocycles. The largest absolute Gasteiger partial charge is 0.493 e. The van der Waals surface area contributed by atoms with Gasteiger partial charge in [-0.25, -0.2) is 0 Å². The molecule has 0 saturated heterocycles. The SMILES string of the molecule is COc1ccc(Br)c(CNc2ccc(Cl)cc2Cl)c1OCc1ccc(Cl)cc1. The number of anilines is 1. The summed E-state index contributed by atoms with van der Waals surface area (Å²) in [5.41, 5.74) is 2.70. The normalized spacial score (nSPS) is 10.6. The fourth-order valence-corrected chi connectivity index (χ4v) is 3.67. The second kappa shape index (κ2) is 9.75. The molecular weight excluding hydrogens is 484 g/mol. The Bertz CT molecular complexity index is 965. The van der Waals surface area contributed by atoms with E-state index >= 15 is 0 Å². The predicted molar refractivity (Wildman–Crippen MR) is 120 cm³/mol. The van der Waals surface area contributed by atoms with E-state index < -0.39 is 0 Å². The molecule has 28 heavy (non-hydrogen) atoms. The van der Waals surface area contributed by atoms with Gasteiger partial charge >= 0.3 is 0 Å². The summed E-state index contributed by atoms with van der Waals surface area (Å²) in [7, 11) is 1.62. The minimum Gasteiger partial charge on any atom is -0.493 e. The molecule has 1 N–H and O–H groups in total. The van der Waals surface area contributed by atoms with Crippen LogP contribution < -0.4 is 14.8 Å². The molecule has 0 aliphatic heterocycles. The Labute approximate surface area is 187 Å². The lowest BCUT2D eigenvalue weighted by molar-refractivity contribution is 0.281. The lowest BCUT2D eigenvalue weighted by atomic mass is 10.1. The molecule has 3 rings (SSSR count). The van der Waals surface area contributed by atoms with Crippen molar-refractivity contribution < 1.29 is 9.47 Å². The van der Waals surface area contributed by atoms with Gasteiger partial charge in [0.2, 0.25) is 0 Å². The molecule has 3 aromatic carbocycles. The number of methoxy groups -OCH3 is 1. The lowest BCUT2D eigenvalue weighted by Gasteiger charge is -2.18. The van der Waals surface area contributed by atoms with Crippen LogP contribution in [0.1, 0.15) is 11.1 Å². The smallest absolute Gasteiger partial charge is 0.167 e. The average Bonchev–Trinajstić information content (AvgIpc) is 2.68. The summed E-state index contributed by atoms with van der Waals surface area (Å²) in [6.07, 6.45) is 0. The zero-order chi connectivity index (χ0) is 20.1. The van der Waals surface area contributed by atoms with Gasteiger partial charge in [-0.2, -0.15) is 0 Å². The van der Waals surface area contributed by atoms with Crippen molar-refractivity contribution in [3.63, 3.8) is 0 Å². The van der Waals surface area contributed by atoms with Gasteiger partial charge in [0.15, 0.2) is 11.5 Å². The zero-order valence-electron chi connectivity index (χ0n) is 14.9. The van der Waals surface area contributed by atoms with E-state index in [0.29, 0.717) is 39.7 Å². The Hall–Kier alpha value is -1.59. The summed E-state index contributed by atoms with van der Waals surface area (Å²) in [6.45, 7) is 0.869.